The Labute approximate surface area is 127 Å². The summed E-state index contributed by atoms with van der Waals surface area (Å²) >= 11 is 3.55. The van der Waals surface area contributed by atoms with Crippen LogP contribution < -0.4 is 4.74 Å². The lowest BCUT2D eigenvalue weighted by atomic mass is 10.00. The second-order valence-corrected chi connectivity index (χ2v) is 6.06. The van der Waals surface area contributed by atoms with Gasteiger partial charge < -0.3 is 9.84 Å². The molecule has 0 saturated heterocycles. The summed E-state index contributed by atoms with van der Waals surface area (Å²) in [5.74, 6) is 0.881. The van der Waals surface area contributed by atoms with Gasteiger partial charge in [-0.25, -0.2) is 0 Å². The molecule has 2 aromatic rings. The fourth-order valence-electron chi connectivity index (χ4n) is 2.17. The van der Waals surface area contributed by atoms with Crippen LogP contribution in [0.15, 0.2) is 46.9 Å². The van der Waals surface area contributed by atoms with Crippen LogP contribution in [-0.4, -0.2) is 11.2 Å². The van der Waals surface area contributed by atoms with Crippen molar-refractivity contribution in [3.63, 3.8) is 0 Å². The average molecular weight is 333 g/mol. The van der Waals surface area contributed by atoms with E-state index in [0.717, 1.165) is 39.8 Å². The summed E-state index contributed by atoms with van der Waals surface area (Å²) in [4.78, 5) is 0. The SMILES string of the molecule is Cc1cccc(C(O)c2ccc(OC3CC3)cc2)c1Br. The third-order valence-corrected chi connectivity index (χ3v) is 4.62. The molecule has 0 heterocycles. The lowest BCUT2D eigenvalue weighted by molar-refractivity contribution is 0.219. The molecule has 1 unspecified atom stereocenters. The molecule has 0 bridgehead atoms. The van der Waals surface area contributed by atoms with E-state index in [4.69, 9.17) is 4.74 Å². The van der Waals surface area contributed by atoms with Crippen molar-refractivity contribution in [3.05, 3.63) is 63.6 Å². The third kappa shape index (κ3) is 2.89. The van der Waals surface area contributed by atoms with Crippen molar-refractivity contribution >= 4 is 15.9 Å². The normalized spacial score (nSPS) is 15.9. The van der Waals surface area contributed by atoms with Gasteiger partial charge in [-0.05, 0) is 48.6 Å². The predicted molar refractivity (Wildman–Crippen MR) is 83.0 cm³/mol. The van der Waals surface area contributed by atoms with Crippen LogP contribution >= 0.6 is 15.9 Å². The first-order valence-corrected chi connectivity index (χ1v) is 7.64. The fourth-order valence-corrected chi connectivity index (χ4v) is 2.65. The zero-order chi connectivity index (χ0) is 14.1. The molecular weight excluding hydrogens is 316 g/mol. The van der Waals surface area contributed by atoms with Gasteiger partial charge in [-0.2, -0.15) is 0 Å². The molecule has 104 valence electrons. The molecule has 0 aromatic heterocycles. The molecule has 0 spiro atoms. The van der Waals surface area contributed by atoms with Gasteiger partial charge in [0.25, 0.3) is 0 Å². The van der Waals surface area contributed by atoms with Gasteiger partial charge in [-0.3, -0.25) is 0 Å². The molecule has 2 aromatic carbocycles. The molecular formula is C17H17BrO2. The van der Waals surface area contributed by atoms with Crippen LogP contribution in [0.1, 0.15) is 35.6 Å². The molecule has 0 radical (unpaired) electrons. The van der Waals surface area contributed by atoms with Gasteiger partial charge in [0.1, 0.15) is 11.9 Å². The minimum Gasteiger partial charge on any atom is -0.490 e. The van der Waals surface area contributed by atoms with Gasteiger partial charge in [-0.15, -0.1) is 0 Å². The zero-order valence-corrected chi connectivity index (χ0v) is 12.9. The highest BCUT2D eigenvalue weighted by Gasteiger charge is 2.23. The molecule has 1 N–H and O–H groups in total. The maximum absolute atomic E-state index is 10.5. The lowest BCUT2D eigenvalue weighted by Gasteiger charge is -2.15. The first-order chi connectivity index (χ1) is 9.65. The molecule has 1 atom stereocenters. The van der Waals surface area contributed by atoms with Crippen molar-refractivity contribution in [2.75, 3.05) is 0 Å². The Balaban J connectivity index is 1.82. The number of hydrogen-bond acceptors (Lipinski definition) is 2. The summed E-state index contributed by atoms with van der Waals surface area (Å²) in [7, 11) is 0. The van der Waals surface area contributed by atoms with Crippen LogP contribution in [0.5, 0.6) is 5.75 Å². The highest BCUT2D eigenvalue weighted by Crippen LogP contribution is 2.32. The molecule has 0 amide bonds. The number of ether oxygens (including phenoxy) is 1. The van der Waals surface area contributed by atoms with Crippen LogP contribution in [-0.2, 0) is 0 Å². The van der Waals surface area contributed by atoms with Crippen LogP contribution in [0.2, 0.25) is 0 Å². The Hall–Kier alpha value is -1.32. The Morgan fingerprint density at radius 3 is 2.50 bits per heavy atom. The highest BCUT2D eigenvalue weighted by atomic mass is 79.9. The molecule has 3 heteroatoms. The number of hydrogen-bond donors (Lipinski definition) is 1. The summed E-state index contributed by atoms with van der Waals surface area (Å²) in [5, 5.41) is 10.5. The van der Waals surface area contributed by atoms with Crippen LogP contribution in [0.4, 0.5) is 0 Å². The molecule has 0 aliphatic heterocycles. The summed E-state index contributed by atoms with van der Waals surface area (Å²) < 4.78 is 6.68. The van der Waals surface area contributed by atoms with E-state index in [-0.39, 0.29) is 0 Å². The third-order valence-electron chi connectivity index (χ3n) is 3.54. The molecule has 20 heavy (non-hydrogen) atoms. The van der Waals surface area contributed by atoms with E-state index in [1.807, 2.05) is 49.4 Å². The number of halogens is 1. The maximum Gasteiger partial charge on any atom is 0.119 e. The average Bonchev–Trinajstić information content (AvgIpc) is 3.26. The van der Waals surface area contributed by atoms with Crippen molar-refractivity contribution in [1.82, 2.24) is 0 Å². The van der Waals surface area contributed by atoms with Crippen LogP contribution in [0.3, 0.4) is 0 Å². The quantitative estimate of drug-likeness (QED) is 0.900. The lowest BCUT2D eigenvalue weighted by Crippen LogP contribution is -2.02. The van der Waals surface area contributed by atoms with Crippen molar-refractivity contribution in [1.29, 1.82) is 0 Å². The van der Waals surface area contributed by atoms with Crippen molar-refractivity contribution in [2.24, 2.45) is 0 Å². The topological polar surface area (TPSA) is 29.5 Å². The monoisotopic (exact) mass is 332 g/mol. The van der Waals surface area contributed by atoms with Gasteiger partial charge in [0.15, 0.2) is 0 Å². The van der Waals surface area contributed by atoms with Crippen LogP contribution in [0, 0.1) is 6.92 Å². The summed E-state index contributed by atoms with van der Waals surface area (Å²) in [6.45, 7) is 2.02. The Bertz CT molecular complexity index is 603. The molecule has 1 aliphatic carbocycles. The van der Waals surface area contributed by atoms with E-state index < -0.39 is 6.10 Å². The summed E-state index contributed by atoms with van der Waals surface area (Å²) in [6.07, 6.45) is 2.08. The van der Waals surface area contributed by atoms with E-state index in [1.54, 1.807) is 0 Å². The van der Waals surface area contributed by atoms with E-state index in [1.165, 1.54) is 0 Å². The van der Waals surface area contributed by atoms with Gasteiger partial charge in [-0.1, -0.05) is 46.3 Å². The van der Waals surface area contributed by atoms with E-state index >= 15 is 0 Å². The van der Waals surface area contributed by atoms with Crippen molar-refractivity contribution in [2.45, 2.75) is 32.0 Å². The number of aryl methyl sites for hydroxylation is 1. The Kier molecular flexibility index (Phi) is 3.81. The number of rotatable bonds is 4. The fraction of sp³-hybridized carbons (Fsp3) is 0.294. The highest BCUT2D eigenvalue weighted by molar-refractivity contribution is 9.10. The molecule has 2 nitrogen and oxygen atoms in total. The van der Waals surface area contributed by atoms with Crippen LogP contribution in [0.25, 0.3) is 0 Å². The largest absolute Gasteiger partial charge is 0.490 e. The standard InChI is InChI=1S/C17H17BrO2/c1-11-3-2-4-15(16(11)18)17(19)12-5-7-13(8-6-12)20-14-9-10-14/h2-8,14,17,19H,9-10H2,1H3. The smallest absolute Gasteiger partial charge is 0.119 e. The van der Waals surface area contributed by atoms with Gasteiger partial charge >= 0.3 is 0 Å². The van der Waals surface area contributed by atoms with E-state index in [0.29, 0.717) is 6.10 Å². The van der Waals surface area contributed by atoms with E-state index in [9.17, 15) is 5.11 Å². The second kappa shape index (κ2) is 5.58. The molecule has 1 aliphatic rings. The summed E-state index contributed by atoms with van der Waals surface area (Å²) in [5.41, 5.74) is 2.88. The predicted octanol–water partition coefficient (Wildman–Crippen LogP) is 4.38. The molecule has 3 rings (SSSR count). The minimum absolute atomic E-state index is 0.400. The van der Waals surface area contributed by atoms with Crippen molar-refractivity contribution < 1.29 is 9.84 Å². The second-order valence-electron chi connectivity index (χ2n) is 5.27. The summed E-state index contributed by atoms with van der Waals surface area (Å²) in [6, 6.07) is 13.6. The Morgan fingerprint density at radius 1 is 1.15 bits per heavy atom. The molecule has 1 saturated carbocycles. The zero-order valence-electron chi connectivity index (χ0n) is 11.3. The Morgan fingerprint density at radius 2 is 1.85 bits per heavy atom. The maximum atomic E-state index is 10.5. The van der Waals surface area contributed by atoms with Gasteiger partial charge in [0.2, 0.25) is 0 Å². The van der Waals surface area contributed by atoms with E-state index in [2.05, 4.69) is 15.9 Å². The van der Waals surface area contributed by atoms with Crippen molar-refractivity contribution in [3.8, 4) is 5.75 Å². The number of aliphatic hydroxyl groups is 1. The number of benzene rings is 2. The minimum atomic E-state index is -0.626. The molecule has 1 fully saturated rings. The number of aliphatic hydroxyl groups excluding tert-OH is 1. The first-order valence-electron chi connectivity index (χ1n) is 6.85. The first kappa shape index (κ1) is 13.7. The van der Waals surface area contributed by atoms with Gasteiger partial charge in [0.05, 0.1) is 6.10 Å². The van der Waals surface area contributed by atoms with Gasteiger partial charge in [0, 0.05) is 4.47 Å².